The molecule has 2 fully saturated rings. The summed E-state index contributed by atoms with van der Waals surface area (Å²) in [5.41, 5.74) is 1.59. The fraction of sp³-hybridized carbons (Fsp3) is 0.571. The van der Waals surface area contributed by atoms with Gasteiger partial charge < -0.3 is 27.2 Å². The van der Waals surface area contributed by atoms with Gasteiger partial charge in [0.25, 0.3) is 0 Å². The monoisotopic (exact) mass is 392 g/mol. The maximum Gasteiger partial charge on any atom is 0.173 e. The number of hydrogen-bond acceptors (Lipinski definition) is 4. The molecule has 2 N–H and O–H groups in total. The fourth-order valence-corrected chi connectivity index (χ4v) is 4.68. The number of halogens is 1. The zero-order chi connectivity index (χ0) is 18.1. The molecule has 5 nitrogen and oxygen atoms in total. The number of ether oxygens (including phenoxy) is 1. The average molecular weight is 393 g/mol. The standard InChI is InChI=1S/C21H28N2O3.ClH/c1-22-9-11-23(12-10-22)13-17-19(24)8-7-16-20(25)18(14-26-21(16)17)15-5-3-2-4-6-15;/h2-6,14,16-17,19,21,24H,7-13H2,1H3;1H. The van der Waals surface area contributed by atoms with E-state index in [4.69, 9.17) is 4.74 Å². The SMILES string of the molecule is CN1CC[NH+](CC2C(O)CCC3C(=O)C(c4ccccc4)=COC32)CC1.[Cl-]. The Morgan fingerprint density at radius 1 is 1.19 bits per heavy atom. The summed E-state index contributed by atoms with van der Waals surface area (Å²) >= 11 is 0. The van der Waals surface area contributed by atoms with Gasteiger partial charge in [-0.1, -0.05) is 30.3 Å². The molecule has 2 aliphatic heterocycles. The van der Waals surface area contributed by atoms with Crippen molar-refractivity contribution in [2.75, 3.05) is 39.8 Å². The van der Waals surface area contributed by atoms with Crippen LogP contribution in [0.4, 0.5) is 0 Å². The van der Waals surface area contributed by atoms with E-state index in [1.165, 1.54) is 4.90 Å². The van der Waals surface area contributed by atoms with Gasteiger partial charge in [-0.15, -0.1) is 0 Å². The number of quaternary nitrogens is 1. The Morgan fingerprint density at radius 2 is 1.89 bits per heavy atom. The maximum atomic E-state index is 13.1. The van der Waals surface area contributed by atoms with Crippen LogP contribution in [0.25, 0.3) is 5.57 Å². The fourth-order valence-electron chi connectivity index (χ4n) is 4.68. The van der Waals surface area contributed by atoms with Gasteiger partial charge >= 0.3 is 0 Å². The molecule has 0 amide bonds. The molecule has 4 atom stereocenters. The van der Waals surface area contributed by atoms with Crippen LogP contribution in [0.3, 0.4) is 0 Å². The Kier molecular flexibility index (Phi) is 6.58. The van der Waals surface area contributed by atoms with Crippen molar-refractivity contribution in [3.8, 4) is 0 Å². The first-order valence-electron chi connectivity index (χ1n) is 9.79. The first-order valence-corrected chi connectivity index (χ1v) is 9.79. The van der Waals surface area contributed by atoms with E-state index in [2.05, 4.69) is 11.9 Å². The van der Waals surface area contributed by atoms with Crippen LogP contribution in [-0.2, 0) is 9.53 Å². The molecule has 4 rings (SSSR count). The number of carbonyl (C=O) groups excluding carboxylic acids is 1. The topological polar surface area (TPSA) is 54.2 Å². The highest BCUT2D eigenvalue weighted by atomic mass is 35.5. The van der Waals surface area contributed by atoms with Gasteiger partial charge in [-0.3, -0.25) is 9.69 Å². The highest BCUT2D eigenvalue weighted by Gasteiger charge is 2.47. The molecule has 2 heterocycles. The lowest BCUT2D eigenvalue weighted by atomic mass is 9.72. The lowest BCUT2D eigenvalue weighted by Crippen LogP contribution is -3.15. The van der Waals surface area contributed by atoms with E-state index < -0.39 is 0 Å². The van der Waals surface area contributed by atoms with Crippen LogP contribution in [0.1, 0.15) is 18.4 Å². The predicted molar refractivity (Wildman–Crippen MR) is 99.6 cm³/mol. The van der Waals surface area contributed by atoms with E-state index in [1.807, 2.05) is 30.3 Å². The van der Waals surface area contributed by atoms with Crippen LogP contribution < -0.4 is 17.3 Å². The van der Waals surface area contributed by atoms with E-state index in [-0.39, 0.29) is 42.2 Å². The number of allylic oxidation sites excluding steroid dienone is 1. The smallest absolute Gasteiger partial charge is 0.173 e. The molecule has 4 unspecified atom stereocenters. The first-order chi connectivity index (χ1) is 12.6. The molecule has 3 aliphatic rings. The number of nitrogens with one attached hydrogen (secondary N) is 1. The van der Waals surface area contributed by atoms with E-state index >= 15 is 0 Å². The Morgan fingerprint density at radius 3 is 2.59 bits per heavy atom. The summed E-state index contributed by atoms with van der Waals surface area (Å²) in [5.74, 6) is 0.0814. The number of ketones is 1. The number of rotatable bonds is 3. The van der Waals surface area contributed by atoms with Crippen molar-refractivity contribution in [3.63, 3.8) is 0 Å². The maximum absolute atomic E-state index is 13.1. The summed E-state index contributed by atoms with van der Waals surface area (Å²) in [5, 5.41) is 10.6. The van der Waals surface area contributed by atoms with E-state index in [0.29, 0.717) is 18.4 Å². The molecule has 1 aromatic rings. The second-order valence-corrected chi connectivity index (χ2v) is 8.03. The third-order valence-corrected chi connectivity index (χ3v) is 6.33. The van der Waals surface area contributed by atoms with Gasteiger partial charge in [0.15, 0.2) is 5.78 Å². The second-order valence-electron chi connectivity index (χ2n) is 8.03. The minimum absolute atomic E-state index is 0. The van der Waals surface area contributed by atoms with Crippen LogP contribution >= 0.6 is 0 Å². The molecular formula is C21H29ClN2O3. The first kappa shape index (κ1) is 20.3. The zero-order valence-electron chi connectivity index (χ0n) is 15.8. The van der Waals surface area contributed by atoms with Crippen molar-refractivity contribution in [1.82, 2.24) is 4.90 Å². The number of hydrogen-bond donors (Lipinski definition) is 2. The number of likely N-dealkylation sites (N-methyl/N-ethyl adjacent to an activating group) is 1. The number of fused-ring (bicyclic) bond motifs is 1. The summed E-state index contributed by atoms with van der Waals surface area (Å²) in [6.45, 7) is 5.25. The zero-order valence-corrected chi connectivity index (χ0v) is 16.6. The van der Waals surface area contributed by atoms with Crippen LogP contribution in [0.5, 0.6) is 0 Å². The molecular weight excluding hydrogens is 364 g/mol. The molecule has 1 aliphatic carbocycles. The number of carbonyl (C=O) groups is 1. The van der Waals surface area contributed by atoms with Gasteiger partial charge in [-0.2, -0.15) is 0 Å². The Labute approximate surface area is 167 Å². The normalized spacial score (nSPS) is 32.1. The van der Waals surface area contributed by atoms with Gasteiger partial charge in [0.2, 0.25) is 0 Å². The largest absolute Gasteiger partial charge is 1.00 e. The van der Waals surface area contributed by atoms with Crippen molar-refractivity contribution < 1.29 is 31.9 Å². The Bertz CT molecular complexity index is 673. The van der Waals surface area contributed by atoms with Crippen molar-refractivity contribution >= 4 is 11.4 Å². The van der Waals surface area contributed by atoms with E-state index in [1.54, 1.807) is 6.26 Å². The third kappa shape index (κ3) is 4.21. The molecule has 0 bridgehead atoms. The number of nitrogens with zero attached hydrogens (tertiary/aromatic N) is 1. The number of aliphatic hydroxyl groups excluding tert-OH is 1. The van der Waals surface area contributed by atoms with Gasteiger partial charge in [-0.25, -0.2) is 0 Å². The van der Waals surface area contributed by atoms with Crippen LogP contribution in [0.2, 0.25) is 0 Å². The Hall–Kier alpha value is -1.40. The predicted octanol–water partition coefficient (Wildman–Crippen LogP) is -2.78. The quantitative estimate of drug-likeness (QED) is 0.584. The molecule has 1 saturated carbocycles. The van der Waals surface area contributed by atoms with Crippen LogP contribution in [0.15, 0.2) is 36.6 Å². The van der Waals surface area contributed by atoms with Gasteiger partial charge in [0.05, 0.1) is 49.4 Å². The lowest BCUT2D eigenvalue weighted by molar-refractivity contribution is -0.908. The van der Waals surface area contributed by atoms with Crippen molar-refractivity contribution in [2.45, 2.75) is 25.0 Å². The summed E-state index contributed by atoms with van der Waals surface area (Å²) in [6, 6.07) is 9.75. The van der Waals surface area contributed by atoms with E-state index in [9.17, 15) is 9.90 Å². The van der Waals surface area contributed by atoms with Crippen LogP contribution in [0, 0.1) is 11.8 Å². The molecule has 0 aromatic heterocycles. The number of aliphatic hydroxyl groups is 1. The number of benzene rings is 1. The Balaban J connectivity index is 0.00000210. The van der Waals surface area contributed by atoms with E-state index in [0.717, 1.165) is 38.3 Å². The minimum atomic E-state index is -0.372. The molecule has 1 aromatic carbocycles. The number of piperazine rings is 1. The molecule has 0 radical (unpaired) electrons. The summed E-state index contributed by atoms with van der Waals surface area (Å²) in [6.07, 6.45) is 2.48. The third-order valence-electron chi connectivity index (χ3n) is 6.33. The highest BCUT2D eigenvalue weighted by Crippen LogP contribution is 2.38. The minimum Gasteiger partial charge on any atom is -1.00 e. The van der Waals surface area contributed by atoms with Gasteiger partial charge in [-0.05, 0) is 25.5 Å². The van der Waals surface area contributed by atoms with Gasteiger partial charge in [0, 0.05) is 13.1 Å². The molecule has 6 heteroatoms. The van der Waals surface area contributed by atoms with Crippen LogP contribution in [-0.4, -0.2) is 67.8 Å². The van der Waals surface area contributed by atoms with Crippen molar-refractivity contribution in [3.05, 3.63) is 42.2 Å². The average Bonchev–Trinajstić information content (AvgIpc) is 2.66. The summed E-state index contributed by atoms with van der Waals surface area (Å²) < 4.78 is 6.10. The lowest BCUT2D eigenvalue weighted by Gasteiger charge is -2.43. The summed E-state index contributed by atoms with van der Waals surface area (Å²) in [4.78, 5) is 17.0. The highest BCUT2D eigenvalue weighted by molar-refractivity contribution is 6.22. The van der Waals surface area contributed by atoms with Crippen molar-refractivity contribution in [1.29, 1.82) is 0 Å². The molecule has 0 spiro atoms. The number of Topliss-reactive ketones (excluding diaryl/α,β-unsaturated/α-hetero) is 1. The molecule has 148 valence electrons. The summed E-state index contributed by atoms with van der Waals surface area (Å²) in [7, 11) is 2.15. The van der Waals surface area contributed by atoms with Crippen molar-refractivity contribution in [2.24, 2.45) is 11.8 Å². The molecule has 27 heavy (non-hydrogen) atoms. The van der Waals surface area contributed by atoms with Gasteiger partial charge in [0.1, 0.15) is 6.10 Å². The second kappa shape index (κ2) is 8.74. The molecule has 1 saturated heterocycles.